The summed E-state index contributed by atoms with van der Waals surface area (Å²) >= 11 is 6.16. The van der Waals surface area contributed by atoms with E-state index >= 15 is 0 Å². The van der Waals surface area contributed by atoms with Crippen LogP contribution in [0.3, 0.4) is 0 Å². The first kappa shape index (κ1) is 19.9. The number of halogens is 1. The second-order valence-electron chi connectivity index (χ2n) is 10.3. The van der Waals surface area contributed by atoms with E-state index in [1.807, 2.05) is 26.2 Å². The highest BCUT2D eigenvalue weighted by Gasteiger charge is 2.60. The molecule has 1 amide bonds. The molecule has 158 valence electrons. The minimum absolute atomic E-state index is 0.152. The van der Waals surface area contributed by atoms with Gasteiger partial charge in [-0.25, -0.2) is 0 Å². The molecule has 4 heteroatoms. The summed E-state index contributed by atoms with van der Waals surface area (Å²) in [6.07, 6.45) is 6.86. The molecule has 0 radical (unpaired) electrons. The van der Waals surface area contributed by atoms with E-state index in [1.165, 1.54) is 30.5 Å². The fraction of sp³-hybridized carbons (Fsp3) is 0.500. The predicted octanol–water partition coefficient (Wildman–Crippen LogP) is 5.56. The van der Waals surface area contributed by atoms with E-state index in [2.05, 4.69) is 46.6 Å². The Bertz CT molecular complexity index is 921. The van der Waals surface area contributed by atoms with Crippen LogP contribution in [-0.2, 0) is 16.8 Å². The number of anilines is 1. The maximum absolute atomic E-state index is 13.5. The van der Waals surface area contributed by atoms with Crippen molar-refractivity contribution in [3.8, 4) is 0 Å². The lowest BCUT2D eigenvalue weighted by Crippen LogP contribution is -2.59. The number of nitrogens with zero attached hydrogens (tertiary/aromatic N) is 1. The number of hydrogen-bond donors (Lipinski definition) is 1. The Morgan fingerprint density at radius 2 is 1.63 bits per heavy atom. The zero-order valence-corrected chi connectivity index (χ0v) is 18.7. The second-order valence-corrected chi connectivity index (χ2v) is 10.7. The lowest BCUT2D eigenvalue weighted by molar-refractivity contribution is -0.149. The fourth-order valence-corrected chi connectivity index (χ4v) is 7.08. The largest absolute Gasteiger partial charge is 0.378 e. The summed E-state index contributed by atoms with van der Waals surface area (Å²) in [4.78, 5) is 15.6. The van der Waals surface area contributed by atoms with Gasteiger partial charge in [0.15, 0.2) is 0 Å². The van der Waals surface area contributed by atoms with E-state index in [9.17, 15) is 4.79 Å². The van der Waals surface area contributed by atoms with Gasteiger partial charge < -0.3 is 10.2 Å². The zero-order valence-electron chi connectivity index (χ0n) is 18.0. The van der Waals surface area contributed by atoms with Crippen molar-refractivity contribution in [1.82, 2.24) is 5.32 Å². The molecule has 0 aliphatic heterocycles. The lowest BCUT2D eigenvalue weighted by atomic mass is 9.42. The number of hydrogen-bond acceptors (Lipinski definition) is 2. The Kier molecular flexibility index (Phi) is 4.85. The summed E-state index contributed by atoms with van der Waals surface area (Å²) < 4.78 is 0. The number of carbonyl (C=O) groups excluding carboxylic acids is 1. The normalized spacial score (nSPS) is 31.6. The average Bonchev–Trinajstić information content (AvgIpc) is 2.71. The molecule has 2 unspecified atom stereocenters. The quantitative estimate of drug-likeness (QED) is 0.684. The molecular weight excluding hydrogens is 392 g/mol. The monoisotopic (exact) mass is 422 g/mol. The molecule has 4 bridgehead atoms. The van der Waals surface area contributed by atoms with Crippen LogP contribution in [0.4, 0.5) is 5.69 Å². The van der Waals surface area contributed by atoms with Gasteiger partial charge in [0, 0.05) is 31.4 Å². The van der Waals surface area contributed by atoms with Crippen LogP contribution in [0.5, 0.6) is 0 Å². The van der Waals surface area contributed by atoms with Crippen molar-refractivity contribution in [2.24, 2.45) is 17.3 Å². The molecule has 1 N–H and O–H groups in total. The van der Waals surface area contributed by atoms with Gasteiger partial charge in [-0.15, -0.1) is 0 Å². The third kappa shape index (κ3) is 3.41. The molecule has 0 aromatic heterocycles. The first-order valence-corrected chi connectivity index (χ1v) is 11.6. The van der Waals surface area contributed by atoms with Gasteiger partial charge >= 0.3 is 0 Å². The molecule has 2 aromatic rings. The smallest absolute Gasteiger partial charge is 0.226 e. The molecule has 0 saturated heterocycles. The van der Waals surface area contributed by atoms with E-state index in [4.69, 9.17) is 11.6 Å². The van der Waals surface area contributed by atoms with E-state index in [0.717, 1.165) is 29.8 Å². The van der Waals surface area contributed by atoms with Crippen LogP contribution in [0.25, 0.3) is 0 Å². The second kappa shape index (κ2) is 7.30. The molecule has 4 aliphatic rings. The SMILES string of the molecule is CN(C)c1ccc(CNC(=O)C23CC4CC(C2)CC(c2ccc(Cl)cc2)(C4)C3)cc1. The van der Waals surface area contributed by atoms with Gasteiger partial charge in [-0.05, 0) is 91.2 Å². The predicted molar refractivity (Wildman–Crippen MR) is 123 cm³/mol. The van der Waals surface area contributed by atoms with Crippen LogP contribution >= 0.6 is 11.6 Å². The van der Waals surface area contributed by atoms with Gasteiger partial charge in [0.1, 0.15) is 0 Å². The first-order valence-electron chi connectivity index (χ1n) is 11.2. The van der Waals surface area contributed by atoms with Gasteiger partial charge in [-0.1, -0.05) is 35.9 Å². The van der Waals surface area contributed by atoms with Gasteiger partial charge in [-0.2, -0.15) is 0 Å². The van der Waals surface area contributed by atoms with Gasteiger partial charge in [0.2, 0.25) is 5.91 Å². The molecule has 0 heterocycles. The van der Waals surface area contributed by atoms with Crippen molar-refractivity contribution in [3.63, 3.8) is 0 Å². The van der Waals surface area contributed by atoms with Crippen LogP contribution in [-0.4, -0.2) is 20.0 Å². The number of amides is 1. The number of rotatable bonds is 5. The van der Waals surface area contributed by atoms with Crippen molar-refractivity contribution in [2.45, 2.75) is 50.5 Å². The summed E-state index contributed by atoms with van der Waals surface area (Å²) in [7, 11) is 4.08. The van der Waals surface area contributed by atoms with Crippen LogP contribution in [0.1, 0.15) is 49.7 Å². The molecule has 2 aromatic carbocycles. The lowest BCUT2D eigenvalue weighted by Gasteiger charge is -2.61. The summed E-state index contributed by atoms with van der Waals surface area (Å²) in [6, 6.07) is 16.9. The summed E-state index contributed by atoms with van der Waals surface area (Å²) in [6.45, 7) is 0.609. The average molecular weight is 423 g/mol. The number of carbonyl (C=O) groups is 1. The maximum atomic E-state index is 13.5. The molecule has 3 nitrogen and oxygen atoms in total. The van der Waals surface area contributed by atoms with E-state index in [0.29, 0.717) is 18.4 Å². The van der Waals surface area contributed by atoms with E-state index in [1.54, 1.807) is 0 Å². The molecule has 4 saturated carbocycles. The highest BCUT2D eigenvalue weighted by atomic mass is 35.5. The molecule has 2 atom stereocenters. The molecule has 4 aliphatic carbocycles. The fourth-order valence-electron chi connectivity index (χ4n) is 6.95. The van der Waals surface area contributed by atoms with Crippen molar-refractivity contribution >= 4 is 23.2 Å². The van der Waals surface area contributed by atoms with Crippen molar-refractivity contribution in [1.29, 1.82) is 0 Å². The number of nitrogens with one attached hydrogen (secondary N) is 1. The standard InChI is InChI=1S/C26H31ClN2O/c1-29(2)23-9-3-18(4-10-23)16-28-24(30)26-14-19-11-20(15-26)13-25(12-19,17-26)21-5-7-22(27)8-6-21/h3-10,19-20H,11-17H2,1-2H3,(H,28,30). The highest BCUT2D eigenvalue weighted by Crippen LogP contribution is 2.65. The van der Waals surface area contributed by atoms with E-state index < -0.39 is 0 Å². The molecular formula is C26H31ClN2O. The van der Waals surface area contributed by atoms with Gasteiger partial charge in [0.05, 0.1) is 5.41 Å². The Morgan fingerprint density at radius 1 is 1.00 bits per heavy atom. The van der Waals surface area contributed by atoms with Gasteiger partial charge in [-0.3, -0.25) is 4.79 Å². The van der Waals surface area contributed by atoms with Crippen molar-refractivity contribution < 1.29 is 4.79 Å². The third-order valence-electron chi connectivity index (χ3n) is 7.91. The van der Waals surface area contributed by atoms with Crippen molar-refractivity contribution in [3.05, 3.63) is 64.7 Å². The zero-order chi connectivity index (χ0) is 20.9. The molecule has 6 rings (SSSR count). The Balaban J connectivity index is 1.34. The summed E-state index contributed by atoms with van der Waals surface area (Å²) in [5.41, 5.74) is 3.67. The van der Waals surface area contributed by atoms with Gasteiger partial charge in [0.25, 0.3) is 0 Å². The molecule has 30 heavy (non-hydrogen) atoms. The maximum Gasteiger partial charge on any atom is 0.226 e. The highest BCUT2D eigenvalue weighted by molar-refractivity contribution is 6.30. The topological polar surface area (TPSA) is 32.3 Å². The van der Waals surface area contributed by atoms with E-state index in [-0.39, 0.29) is 16.7 Å². The van der Waals surface area contributed by atoms with Crippen LogP contribution < -0.4 is 10.2 Å². The Hall–Kier alpha value is -2.00. The van der Waals surface area contributed by atoms with Crippen LogP contribution in [0, 0.1) is 17.3 Å². The first-order chi connectivity index (χ1) is 14.4. The van der Waals surface area contributed by atoms with Crippen molar-refractivity contribution in [2.75, 3.05) is 19.0 Å². The molecule has 0 spiro atoms. The van der Waals surface area contributed by atoms with Crippen LogP contribution in [0.15, 0.2) is 48.5 Å². The summed E-state index contributed by atoms with van der Waals surface area (Å²) in [5.74, 6) is 1.62. The van der Waals surface area contributed by atoms with Crippen LogP contribution in [0.2, 0.25) is 5.02 Å². The third-order valence-corrected chi connectivity index (χ3v) is 8.16. The minimum Gasteiger partial charge on any atom is -0.378 e. The molecule has 4 fully saturated rings. The Morgan fingerprint density at radius 3 is 2.23 bits per heavy atom. The minimum atomic E-state index is -0.201. The number of benzene rings is 2. The Labute approximate surface area is 184 Å². The summed E-state index contributed by atoms with van der Waals surface area (Å²) in [5, 5.41) is 4.10.